The number of nitrogens with one attached hydrogen (secondary N) is 2. The van der Waals surface area contributed by atoms with Gasteiger partial charge in [-0.15, -0.1) is 0 Å². The second kappa shape index (κ2) is 9.43. The zero-order chi connectivity index (χ0) is 22.5. The number of rotatable bonds is 6. The second-order valence-corrected chi connectivity index (χ2v) is 7.97. The van der Waals surface area contributed by atoms with Crippen LogP contribution < -0.4 is 10.6 Å². The Bertz CT molecular complexity index is 1220. The number of nitrogens with zero attached hydrogens (tertiary/aromatic N) is 2. The van der Waals surface area contributed by atoms with Crippen LogP contribution in [0.4, 0.5) is 11.5 Å². The summed E-state index contributed by atoms with van der Waals surface area (Å²) in [6.45, 7) is 6.09. The van der Waals surface area contributed by atoms with Gasteiger partial charge in [-0.05, 0) is 44.5 Å². The van der Waals surface area contributed by atoms with E-state index in [1.165, 1.54) is 17.5 Å². The van der Waals surface area contributed by atoms with Gasteiger partial charge in [-0.3, -0.25) is 4.79 Å². The lowest BCUT2D eigenvalue weighted by Crippen LogP contribution is -2.26. The first-order chi connectivity index (χ1) is 15.5. The van der Waals surface area contributed by atoms with Crippen LogP contribution in [0.3, 0.4) is 0 Å². The van der Waals surface area contributed by atoms with Crippen LogP contribution >= 0.6 is 0 Å². The monoisotopic (exact) mass is 422 g/mol. The molecule has 5 nitrogen and oxygen atoms in total. The molecule has 0 spiro atoms. The topological polar surface area (TPSA) is 66.9 Å². The van der Waals surface area contributed by atoms with E-state index in [-0.39, 0.29) is 11.9 Å². The molecule has 1 atom stereocenters. The molecule has 1 amide bonds. The first kappa shape index (κ1) is 21.2. The van der Waals surface area contributed by atoms with Gasteiger partial charge in [0.2, 0.25) is 0 Å². The summed E-state index contributed by atoms with van der Waals surface area (Å²) in [5.74, 6) is 0.547. The van der Waals surface area contributed by atoms with Crippen LogP contribution in [0.2, 0.25) is 0 Å². The van der Waals surface area contributed by atoms with Gasteiger partial charge in [-0.2, -0.15) is 0 Å². The predicted molar refractivity (Wildman–Crippen MR) is 129 cm³/mol. The van der Waals surface area contributed by atoms with Crippen molar-refractivity contribution in [2.24, 2.45) is 0 Å². The first-order valence-electron chi connectivity index (χ1n) is 10.6. The highest BCUT2D eigenvalue weighted by Gasteiger charge is 2.12. The number of amides is 1. The van der Waals surface area contributed by atoms with Gasteiger partial charge in [-0.25, -0.2) is 9.97 Å². The summed E-state index contributed by atoms with van der Waals surface area (Å²) in [6.07, 6.45) is 1.54. The molecular formula is C27H26N4O. The van der Waals surface area contributed by atoms with Crippen molar-refractivity contribution in [2.45, 2.75) is 26.8 Å². The summed E-state index contributed by atoms with van der Waals surface area (Å²) in [6, 6.07) is 25.6. The van der Waals surface area contributed by atoms with Crippen molar-refractivity contribution < 1.29 is 4.79 Å². The molecular weight excluding hydrogens is 396 g/mol. The molecule has 3 aromatic carbocycles. The van der Waals surface area contributed by atoms with Crippen molar-refractivity contribution >= 4 is 17.4 Å². The zero-order valence-corrected chi connectivity index (χ0v) is 18.5. The molecule has 0 saturated heterocycles. The largest absolute Gasteiger partial charge is 0.346 e. The van der Waals surface area contributed by atoms with Gasteiger partial charge in [0.05, 0.1) is 11.7 Å². The number of hydrogen-bond acceptors (Lipinski definition) is 4. The summed E-state index contributed by atoms with van der Waals surface area (Å²) in [4.78, 5) is 21.5. The minimum absolute atomic E-state index is 0.0846. The van der Waals surface area contributed by atoms with Crippen LogP contribution in [0.1, 0.15) is 40.0 Å². The van der Waals surface area contributed by atoms with E-state index in [4.69, 9.17) is 0 Å². The zero-order valence-electron chi connectivity index (χ0n) is 18.5. The summed E-state index contributed by atoms with van der Waals surface area (Å²) in [7, 11) is 0. The lowest BCUT2D eigenvalue weighted by molar-refractivity contribution is 0.0940. The molecule has 0 radical (unpaired) electrons. The number of aromatic nitrogens is 2. The molecule has 5 heteroatoms. The van der Waals surface area contributed by atoms with E-state index in [1.54, 1.807) is 6.07 Å². The van der Waals surface area contributed by atoms with Gasteiger partial charge in [0, 0.05) is 22.9 Å². The Kier molecular flexibility index (Phi) is 6.26. The highest BCUT2D eigenvalue weighted by Crippen LogP contribution is 2.22. The van der Waals surface area contributed by atoms with E-state index in [0.29, 0.717) is 11.4 Å². The maximum Gasteiger partial charge on any atom is 0.251 e. The minimum Gasteiger partial charge on any atom is -0.346 e. The summed E-state index contributed by atoms with van der Waals surface area (Å²) in [5.41, 5.74) is 6.70. The molecule has 2 N–H and O–H groups in total. The number of hydrogen-bond donors (Lipinski definition) is 2. The lowest BCUT2D eigenvalue weighted by atomic mass is 10.1. The van der Waals surface area contributed by atoms with E-state index < -0.39 is 0 Å². The van der Waals surface area contributed by atoms with Crippen molar-refractivity contribution in [3.8, 4) is 11.3 Å². The normalized spacial score (nSPS) is 11.6. The third kappa shape index (κ3) is 5.19. The standard InChI is InChI=1S/C27H26N4O/c1-18-7-11-21(12-8-18)20(3)30-27(32)23-5-4-6-24(15-23)31-26-16-25(28-17-29-26)22-13-9-19(2)10-14-22/h4-17,20H,1-3H3,(H,30,32)(H,28,29,31). The molecule has 0 fully saturated rings. The van der Waals surface area contributed by atoms with Gasteiger partial charge in [0.15, 0.2) is 0 Å². The maximum atomic E-state index is 12.8. The molecule has 0 saturated carbocycles. The lowest BCUT2D eigenvalue weighted by Gasteiger charge is -2.15. The molecule has 0 aliphatic heterocycles. The van der Waals surface area contributed by atoms with E-state index >= 15 is 0 Å². The smallest absolute Gasteiger partial charge is 0.251 e. The molecule has 4 aromatic rings. The van der Waals surface area contributed by atoms with Crippen molar-refractivity contribution in [2.75, 3.05) is 5.32 Å². The molecule has 0 bridgehead atoms. The summed E-state index contributed by atoms with van der Waals surface area (Å²) in [5, 5.41) is 6.35. The van der Waals surface area contributed by atoms with Crippen LogP contribution in [0, 0.1) is 13.8 Å². The third-order valence-corrected chi connectivity index (χ3v) is 5.34. The quantitative estimate of drug-likeness (QED) is 0.400. The van der Waals surface area contributed by atoms with Gasteiger partial charge in [0.25, 0.3) is 5.91 Å². The minimum atomic E-state index is -0.121. The fraction of sp³-hybridized carbons (Fsp3) is 0.148. The van der Waals surface area contributed by atoms with Crippen LogP contribution in [-0.4, -0.2) is 15.9 Å². The number of carbonyl (C=O) groups excluding carboxylic acids is 1. The first-order valence-corrected chi connectivity index (χ1v) is 10.6. The highest BCUT2D eigenvalue weighted by molar-refractivity contribution is 5.95. The Labute approximate surface area is 188 Å². The number of aryl methyl sites for hydroxylation is 2. The third-order valence-electron chi connectivity index (χ3n) is 5.34. The highest BCUT2D eigenvalue weighted by atomic mass is 16.1. The van der Waals surface area contributed by atoms with Crippen molar-refractivity contribution in [1.82, 2.24) is 15.3 Å². The van der Waals surface area contributed by atoms with Crippen LogP contribution in [-0.2, 0) is 0 Å². The Morgan fingerprint density at radius 2 is 1.53 bits per heavy atom. The fourth-order valence-corrected chi connectivity index (χ4v) is 3.41. The molecule has 0 aliphatic carbocycles. The molecule has 160 valence electrons. The van der Waals surface area contributed by atoms with Gasteiger partial charge in [-0.1, -0.05) is 65.7 Å². The number of carbonyl (C=O) groups is 1. The average molecular weight is 423 g/mol. The van der Waals surface area contributed by atoms with Crippen LogP contribution in [0.5, 0.6) is 0 Å². The van der Waals surface area contributed by atoms with Crippen molar-refractivity contribution in [3.05, 3.63) is 107 Å². The molecule has 4 rings (SSSR count). The number of anilines is 2. The van der Waals surface area contributed by atoms with E-state index in [2.05, 4.69) is 51.8 Å². The Balaban J connectivity index is 1.47. The second-order valence-electron chi connectivity index (χ2n) is 7.97. The van der Waals surface area contributed by atoms with E-state index in [9.17, 15) is 4.79 Å². The predicted octanol–water partition coefficient (Wildman–Crippen LogP) is 6.00. The Morgan fingerprint density at radius 1 is 0.844 bits per heavy atom. The molecule has 1 heterocycles. The van der Waals surface area contributed by atoms with Crippen LogP contribution in [0.25, 0.3) is 11.3 Å². The summed E-state index contributed by atoms with van der Waals surface area (Å²) >= 11 is 0. The molecule has 0 aliphatic rings. The van der Waals surface area contributed by atoms with Crippen molar-refractivity contribution in [1.29, 1.82) is 0 Å². The SMILES string of the molecule is Cc1ccc(-c2cc(Nc3cccc(C(=O)NC(C)c4ccc(C)cc4)c3)ncn2)cc1. The molecule has 1 aromatic heterocycles. The molecule has 32 heavy (non-hydrogen) atoms. The average Bonchev–Trinajstić information content (AvgIpc) is 2.80. The summed E-state index contributed by atoms with van der Waals surface area (Å²) < 4.78 is 0. The van der Waals surface area contributed by atoms with E-state index in [0.717, 1.165) is 22.5 Å². The Hall–Kier alpha value is -3.99. The number of benzene rings is 3. The van der Waals surface area contributed by atoms with Gasteiger partial charge in [0.1, 0.15) is 12.1 Å². The Morgan fingerprint density at radius 3 is 2.25 bits per heavy atom. The van der Waals surface area contributed by atoms with Gasteiger partial charge < -0.3 is 10.6 Å². The maximum absolute atomic E-state index is 12.8. The molecule has 1 unspecified atom stereocenters. The van der Waals surface area contributed by atoms with Crippen molar-refractivity contribution in [3.63, 3.8) is 0 Å². The van der Waals surface area contributed by atoms with E-state index in [1.807, 2.05) is 62.4 Å². The fourth-order valence-electron chi connectivity index (χ4n) is 3.41. The van der Waals surface area contributed by atoms with Crippen LogP contribution in [0.15, 0.2) is 85.2 Å². The van der Waals surface area contributed by atoms with Gasteiger partial charge >= 0.3 is 0 Å².